The Balaban J connectivity index is 1.91. The molecule has 8 heteroatoms. The second-order valence-corrected chi connectivity index (χ2v) is 11.6. The monoisotopic (exact) mass is 490 g/mol. The molecule has 1 spiro atoms. The summed E-state index contributed by atoms with van der Waals surface area (Å²) in [6.45, 7) is 12.6. The van der Waals surface area contributed by atoms with Gasteiger partial charge in [0.15, 0.2) is 5.60 Å². The van der Waals surface area contributed by atoms with Crippen molar-refractivity contribution in [3.05, 3.63) is 11.6 Å². The molecule has 0 N–H and O–H groups in total. The maximum Gasteiger partial charge on any atom is 0.305 e. The van der Waals surface area contributed by atoms with E-state index in [0.29, 0.717) is 24.5 Å². The Labute approximate surface area is 207 Å². The number of epoxide rings is 1. The molecule has 0 aromatic heterocycles. The van der Waals surface area contributed by atoms with Gasteiger partial charge < -0.3 is 18.9 Å². The van der Waals surface area contributed by atoms with Gasteiger partial charge in [0, 0.05) is 26.7 Å². The lowest BCUT2D eigenvalue weighted by molar-refractivity contribution is -0.190. The van der Waals surface area contributed by atoms with Crippen molar-refractivity contribution < 1.29 is 38.1 Å². The number of esters is 3. The van der Waals surface area contributed by atoms with Crippen molar-refractivity contribution in [3.8, 4) is 0 Å². The van der Waals surface area contributed by atoms with E-state index in [1.54, 1.807) is 13.8 Å². The highest BCUT2D eigenvalue weighted by atomic mass is 16.6. The Morgan fingerprint density at radius 3 is 2.34 bits per heavy atom. The largest absolute Gasteiger partial charge is 0.461 e. The van der Waals surface area contributed by atoms with Gasteiger partial charge in [0.25, 0.3) is 0 Å². The summed E-state index contributed by atoms with van der Waals surface area (Å²) in [5.74, 6) is -2.51. The number of hydrogen-bond acceptors (Lipinski definition) is 8. The van der Waals surface area contributed by atoms with E-state index in [-0.39, 0.29) is 35.9 Å². The molecule has 1 aliphatic heterocycles. The molecule has 4 aliphatic rings. The van der Waals surface area contributed by atoms with Crippen molar-refractivity contribution in [2.45, 2.75) is 97.6 Å². The maximum absolute atomic E-state index is 14.2. The standard InChI is InChI=1S/C27H38O8/c1-8-20(30)34-22-15(3)12-27(35-17(5)29)21(22)24(33-16(4)28)26(13-32-26)10-9-18-19(25(18,6)7)11-14(2)23(27)31/h11,15,18-19,21-22,24H,8-10,12-13H2,1-7H3/b14-11+/t15-,18-,19+,21+,22-,24?,26+,27+/m0/s1. The quantitative estimate of drug-likeness (QED) is 0.334. The minimum atomic E-state index is -1.64. The first-order valence-corrected chi connectivity index (χ1v) is 12.7. The summed E-state index contributed by atoms with van der Waals surface area (Å²) >= 11 is 0. The van der Waals surface area contributed by atoms with Crippen LogP contribution in [0.1, 0.15) is 74.1 Å². The summed E-state index contributed by atoms with van der Waals surface area (Å²) in [5, 5.41) is 0. The van der Waals surface area contributed by atoms with E-state index in [0.717, 1.165) is 6.42 Å². The topological polar surface area (TPSA) is 108 Å². The van der Waals surface area contributed by atoms with E-state index in [9.17, 15) is 19.2 Å². The highest BCUT2D eigenvalue weighted by Crippen LogP contribution is 2.64. The van der Waals surface area contributed by atoms with Crippen LogP contribution in [0.5, 0.6) is 0 Å². The predicted molar refractivity (Wildman–Crippen MR) is 125 cm³/mol. The fourth-order valence-corrected chi connectivity index (χ4v) is 6.83. The van der Waals surface area contributed by atoms with Crippen molar-refractivity contribution >= 4 is 23.7 Å². The Morgan fingerprint density at radius 1 is 1.14 bits per heavy atom. The molecule has 0 aromatic rings. The van der Waals surface area contributed by atoms with Crippen LogP contribution in [0.3, 0.4) is 0 Å². The lowest BCUT2D eigenvalue weighted by Gasteiger charge is -2.41. The molecule has 1 saturated heterocycles. The Hall–Kier alpha value is -2.22. The van der Waals surface area contributed by atoms with Crippen LogP contribution < -0.4 is 0 Å². The van der Waals surface area contributed by atoms with Gasteiger partial charge in [0.05, 0.1) is 12.5 Å². The van der Waals surface area contributed by atoms with E-state index in [4.69, 9.17) is 18.9 Å². The highest BCUT2D eigenvalue weighted by molar-refractivity contribution is 6.03. The molecule has 2 saturated carbocycles. The van der Waals surface area contributed by atoms with Gasteiger partial charge in [0.2, 0.25) is 5.78 Å². The summed E-state index contributed by atoms with van der Waals surface area (Å²) in [6, 6.07) is 0. The molecular weight excluding hydrogens is 452 g/mol. The van der Waals surface area contributed by atoms with Gasteiger partial charge in [-0.3, -0.25) is 19.2 Å². The number of fused-ring (bicyclic) bond motifs is 2. The molecule has 8 nitrogen and oxygen atoms in total. The van der Waals surface area contributed by atoms with Gasteiger partial charge in [-0.15, -0.1) is 0 Å². The van der Waals surface area contributed by atoms with Crippen LogP contribution >= 0.6 is 0 Å². The normalized spacial score (nSPS) is 43.1. The lowest BCUT2D eigenvalue weighted by atomic mass is 9.74. The summed E-state index contributed by atoms with van der Waals surface area (Å²) in [4.78, 5) is 51.5. The van der Waals surface area contributed by atoms with Crippen LogP contribution in [0.15, 0.2) is 11.6 Å². The van der Waals surface area contributed by atoms with Crippen LogP contribution in [0, 0.1) is 29.1 Å². The second kappa shape index (κ2) is 8.71. The zero-order valence-corrected chi connectivity index (χ0v) is 21.8. The SMILES string of the molecule is CCC(=O)O[C@H]1[C@@H](C)C[C@]2(OC(C)=O)C(=O)/C(C)=C/[C@@H]3[C@H](CC[C@@]4(CO4)C(OC(C)=O)[C@@H]12)C3(C)C. The molecule has 0 amide bonds. The zero-order valence-electron chi connectivity index (χ0n) is 21.8. The average Bonchev–Trinajstić information content (AvgIpc) is 3.62. The summed E-state index contributed by atoms with van der Waals surface area (Å²) < 4.78 is 23.7. The van der Waals surface area contributed by atoms with Crippen LogP contribution in [0.25, 0.3) is 0 Å². The third kappa shape index (κ3) is 4.32. The highest BCUT2D eigenvalue weighted by Gasteiger charge is 2.71. The minimum Gasteiger partial charge on any atom is -0.461 e. The van der Waals surface area contributed by atoms with Crippen molar-refractivity contribution in [1.82, 2.24) is 0 Å². The van der Waals surface area contributed by atoms with Gasteiger partial charge in [-0.2, -0.15) is 0 Å². The molecule has 0 radical (unpaired) electrons. The predicted octanol–water partition coefficient (Wildman–Crippen LogP) is 3.55. The molecule has 0 bridgehead atoms. The van der Waals surface area contributed by atoms with Gasteiger partial charge in [-0.25, -0.2) is 0 Å². The van der Waals surface area contributed by atoms with Gasteiger partial charge in [-0.05, 0) is 48.5 Å². The number of carbonyl (C=O) groups is 4. The van der Waals surface area contributed by atoms with Gasteiger partial charge >= 0.3 is 17.9 Å². The molecule has 4 rings (SSSR count). The number of allylic oxidation sites excluding steroid dienone is 1. The third-order valence-electron chi connectivity index (χ3n) is 8.80. The number of Topliss-reactive ketones (excluding diaryl/α,β-unsaturated/α-hetero) is 1. The second-order valence-electron chi connectivity index (χ2n) is 11.6. The zero-order chi connectivity index (χ0) is 25.9. The third-order valence-corrected chi connectivity index (χ3v) is 8.80. The molecule has 35 heavy (non-hydrogen) atoms. The summed E-state index contributed by atoms with van der Waals surface area (Å²) in [5.41, 5.74) is -1.91. The number of rotatable bonds is 4. The van der Waals surface area contributed by atoms with Crippen LogP contribution in [-0.4, -0.2) is 53.7 Å². The molecular formula is C27H38O8. The smallest absolute Gasteiger partial charge is 0.305 e. The molecule has 1 heterocycles. The Bertz CT molecular complexity index is 960. The number of hydrogen-bond donors (Lipinski definition) is 0. The fourth-order valence-electron chi connectivity index (χ4n) is 6.83. The van der Waals surface area contributed by atoms with E-state index in [1.165, 1.54) is 13.8 Å². The molecule has 3 aliphatic carbocycles. The summed E-state index contributed by atoms with van der Waals surface area (Å²) in [7, 11) is 0. The van der Waals surface area contributed by atoms with Crippen molar-refractivity contribution in [2.24, 2.45) is 29.1 Å². The number of carbonyl (C=O) groups excluding carboxylic acids is 4. The van der Waals surface area contributed by atoms with Crippen molar-refractivity contribution in [3.63, 3.8) is 0 Å². The fraction of sp³-hybridized carbons (Fsp3) is 0.778. The molecule has 1 unspecified atom stereocenters. The van der Waals surface area contributed by atoms with E-state index in [1.807, 2.05) is 13.0 Å². The summed E-state index contributed by atoms with van der Waals surface area (Å²) in [6.07, 6.45) is 2.11. The van der Waals surface area contributed by atoms with Crippen LogP contribution in [0.2, 0.25) is 0 Å². The van der Waals surface area contributed by atoms with Crippen LogP contribution in [-0.2, 0) is 38.1 Å². The molecule has 8 atom stereocenters. The Kier molecular flexibility index (Phi) is 6.44. The Morgan fingerprint density at radius 2 is 1.80 bits per heavy atom. The minimum absolute atomic E-state index is 0.0317. The first-order valence-electron chi connectivity index (χ1n) is 12.7. The van der Waals surface area contributed by atoms with Crippen molar-refractivity contribution in [1.29, 1.82) is 0 Å². The number of ketones is 1. The molecule has 0 aromatic carbocycles. The van der Waals surface area contributed by atoms with E-state index < -0.39 is 47.2 Å². The first kappa shape index (κ1) is 25.9. The molecule has 3 fully saturated rings. The van der Waals surface area contributed by atoms with Gasteiger partial charge in [0.1, 0.15) is 17.8 Å². The maximum atomic E-state index is 14.2. The number of ether oxygens (including phenoxy) is 4. The van der Waals surface area contributed by atoms with Crippen LogP contribution in [0.4, 0.5) is 0 Å². The van der Waals surface area contributed by atoms with E-state index in [2.05, 4.69) is 13.8 Å². The molecule has 194 valence electrons. The first-order chi connectivity index (χ1) is 16.3. The van der Waals surface area contributed by atoms with E-state index >= 15 is 0 Å². The van der Waals surface area contributed by atoms with Crippen molar-refractivity contribution in [2.75, 3.05) is 6.61 Å². The average molecular weight is 491 g/mol. The lowest BCUT2D eigenvalue weighted by Crippen LogP contribution is -2.58. The van der Waals surface area contributed by atoms with Gasteiger partial charge in [-0.1, -0.05) is 33.8 Å².